The maximum Gasteiger partial charge on any atom is 0.410 e. The van der Waals surface area contributed by atoms with Crippen molar-refractivity contribution < 1.29 is 24.2 Å². The second kappa shape index (κ2) is 7.74. The van der Waals surface area contributed by atoms with Gasteiger partial charge in [0, 0.05) is 6.54 Å². The van der Waals surface area contributed by atoms with Crippen LogP contribution in [0, 0.1) is 0 Å². The van der Waals surface area contributed by atoms with Crippen LogP contribution in [0.15, 0.2) is 30.3 Å². The third-order valence-corrected chi connectivity index (χ3v) is 3.67. The van der Waals surface area contributed by atoms with Gasteiger partial charge in [0.1, 0.15) is 12.2 Å². The van der Waals surface area contributed by atoms with Crippen LogP contribution in [-0.4, -0.2) is 46.6 Å². The molecule has 2 N–H and O–H groups in total. The van der Waals surface area contributed by atoms with Crippen molar-refractivity contribution >= 4 is 12.2 Å². The van der Waals surface area contributed by atoms with E-state index in [1.807, 2.05) is 30.3 Å². The number of alkyl carbamates (subject to hydrolysis) is 1. The highest BCUT2D eigenvalue weighted by Gasteiger charge is 2.38. The van der Waals surface area contributed by atoms with E-state index in [2.05, 4.69) is 5.32 Å². The average Bonchev–Trinajstić information content (AvgIpc) is 2.51. The molecule has 1 fully saturated rings. The summed E-state index contributed by atoms with van der Waals surface area (Å²) < 4.78 is 10.4. The Balaban J connectivity index is 1.88. The van der Waals surface area contributed by atoms with Gasteiger partial charge in [-0.15, -0.1) is 0 Å². The molecule has 0 spiro atoms. The Morgan fingerprint density at radius 1 is 1.28 bits per heavy atom. The third-order valence-electron chi connectivity index (χ3n) is 3.67. The molecule has 0 radical (unpaired) electrons. The Morgan fingerprint density at radius 3 is 2.60 bits per heavy atom. The fourth-order valence-corrected chi connectivity index (χ4v) is 2.60. The highest BCUT2D eigenvalue weighted by molar-refractivity contribution is 5.70. The second-order valence-corrected chi connectivity index (χ2v) is 7.22. The molecule has 0 unspecified atom stereocenters. The van der Waals surface area contributed by atoms with Crippen molar-refractivity contribution in [3.63, 3.8) is 0 Å². The van der Waals surface area contributed by atoms with Crippen LogP contribution in [0.4, 0.5) is 9.59 Å². The molecular formula is C18H26N2O5. The molecule has 1 saturated heterocycles. The van der Waals surface area contributed by atoms with Gasteiger partial charge in [0.15, 0.2) is 5.72 Å². The van der Waals surface area contributed by atoms with Gasteiger partial charge in [0.25, 0.3) is 0 Å². The predicted molar refractivity (Wildman–Crippen MR) is 91.8 cm³/mol. The molecule has 1 aliphatic heterocycles. The molecule has 7 nitrogen and oxygen atoms in total. The van der Waals surface area contributed by atoms with Crippen molar-refractivity contribution in [3.05, 3.63) is 35.9 Å². The van der Waals surface area contributed by atoms with Crippen molar-refractivity contribution in [1.29, 1.82) is 0 Å². The van der Waals surface area contributed by atoms with Gasteiger partial charge in [-0.05, 0) is 39.2 Å². The standard InChI is InChI=1S/C18H26N2O5/c1-17(2,3)25-15(21)19-18(23)10-7-11-20(13-18)16(22)24-12-14-8-5-4-6-9-14/h4-6,8-9,23H,7,10-13H2,1-3H3,(H,19,21)/t18-/m1/s1. The number of hydrogen-bond donors (Lipinski definition) is 2. The van der Waals surface area contributed by atoms with E-state index in [4.69, 9.17) is 9.47 Å². The average molecular weight is 350 g/mol. The highest BCUT2D eigenvalue weighted by Crippen LogP contribution is 2.20. The minimum Gasteiger partial charge on any atom is -0.445 e. The van der Waals surface area contributed by atoms with Gasteiger partial charge >= 0.3 is 12.2 Å². The summed E-state index contributed by atoms with van der Waals surface area (Å²) in [4.78, 5) is 25.5. The maximum atomic E-state index is 12.2. The SMILES string of the molecule is CC(C)(C)OC(=O)N[C@@]1(O)CCCN(C(=O)OCc2ccccc2)C1. The number of hydrogen-bond acceptors (Lipinski definition) is 5. The Morgan fingerprint density at radius 2 is 1.96 bits per heavy atom. The number of nitrogens with one attached hydrogen (secondary N) is 1. The molecule has 1 aromatic rings. The molecule has 0 bridgehead atoms. The van der Waals surface area contributed by atoms with Gasteiger partial charge < -0.3 is 19.5 Å². The quantitative estimate of drug-likeness (QED) is 0.818. The summed E-state index contributed by atoms with van der Waals surface area (Å²) in [7, 11) is 0. The van der Waals surface area contributed by atoms with Crippen LogP contribution in [0.5, 0.6) is 0 Å². The fourth-order valence-electron chi connectivity index (χ4n) is 2.60. The predicted octanol–water partition coefficient (Wildman–Crippen LogP) is 2.63. The van der Waals surface area contributed by atoms with Gasteiger partial charge in [-0.25, -0.2) is 9.59 Å². The normalized spacial score (nSPS) is 20.7. The second-order valence-electron chi connectivity index (χ2n) is 7.22. The van der Waals surface area contributed by atoms with Crippen LogP contribution < -0.4 is 5.32 Å². The van der Waals surface area contributed by atoms with Crippen LogP contribution in [0.3, 0.4) is 0 Å². The largest absolute Gasteiger partial charge is 0.445 e. The number of β-amino-alcohol motifs (C(OH)–C–C–N with tert-alkyl or cyclic N) is 1. The van der Waals surface area contributed by atoms with Gasteiger partial charge in [-0.3, -0.25) is 5.32 Å². The lowest BCUT2D eigenvalue weighted by Crippen LogP contribution is -2.60. The zero-order chi connectivity index (χ0) is 18.5. The molecule has 2 rings (SSSR count). The molecule has 0 aliphatic carbocycles. The third kappa shape index (κ3) is 6.26. The summed E-state index contributed by atoms with van der Waals surface area (Å²) >= 11 is 0. The lowest BCUT2D eigenvalue weighted by atomic mass is 10.0. The fraction of sp³-hybridized carbons (Fsp3) is 0.556. The number of aliphatic hydroxyl groups is 1. The molecule has 7 heteroatoms. The van der Waals surface area contributed by atoms with Crippen molar-refractivity contribution in [3.8, 4) is 0 Å². The van der Waals surface area contributed by atoms with Crippen LogP contribution in [-0.2, 0) is 16.1 Å². The molecule has 0 saturated carbocycles. The van der Waals surface area contributed by atoms with Crippen LogP contribution >= 0.6 is 0 Å². The van der Waals surface area contributed by atoms with Gasteiger partial charge in [0.2, 0.25) is 0 Å². The zero-order valence-corrected chi connectivity index (χ0v) is 14.9. The smallest absolute Gasteiger partial charge is 0.410 e. The van der Waals surface area contributed by atoms with E-state index in [1.165, 1.54) is 4.90 Å². The summed E-state index contributed by atoms with van der Waals surface area (Å²) in [6, 6.07) is 9.35. The Hall–Kier alpha value is -2.28. The van der Waals surface area contributed by atoms with Crippen molar-refractivity contribution in [2.75, 3.05) is 13.1 Å². The van der Waals surface area contributed by atoms with E-state index in [-0.39, 0.29) is 13.2 Å². The van der Waals surface area contributed by atoms with Crippen LogP contribution in [0.25, 0.3) is 0 Å². The molecule has 2 amide bonds. The number of likely N-dealkylation sites (tertiary alicyclic amines) is 1. The number of rotatable bonds is 3. The van der Waals surface area contributed by atoms with E-state index in [9.17, 15) is 14.7 Å². The highest BCUT2D eigenvalue weighted by atomic mass is 16.6. The summed E-state index contributed by atoms with van der Waals surface area (Å²) in [6.45, 7) is 5.81. The number of piperidine rings is 1. The minimum absolute atomic E-state index is 0.0418. The van der Waals surface area contributed by atoms with Crippen LogP contribution in [0.1, 0.15) is 39.2 Å². The van der Waals surface area contributed by atoms with E-state index in [0.717, 1.165) is 5.56 Å². The van der Waals surface area contributed by atoms with Gasteiger partial charge in [-0.1, -0.05) is 30.3 Å². The van der Waals surface area contributed by atoms with Crippen LogP contribution in [0.2, 0.25) is 0 Å². The zero-order valence-electron chi connectivity index (χ0n) is 14.9. The van der Waals surface area contributed by atoms with E-state index < -0.39 is 23.5 Å². The number of benzene rings is 1. The number of nitrogens with zero attached hydrogens (tertiary/aromatic N) is 1. The lowest BCUT2D eigenvalue weighted by Gasteiger charge is -2.39. The van der Waals surface area contributed by atoms with E-state index in [0.29, 0.717) is 19.4 Å². The maximum absolute atomic E-state index is 12.2. The molecule has 1 heterocycles. The first-order chi connectivity index (χ1) is 11.7. The molecule has 25 heavy (non-hydrogen) atoms. The number of carbonyl (C=O) groups excluding carboxylic acids is 2. The number of carbonyl (C=O) groups is 2. The summed E-state index contributed by atoms with van der Waals surface area (Å²) in [5.74, 6) is 0. The summed E-state index contributed by atoms with van der Waals surface area (Å²) in [5.41, 5.74) is -1.30. The van der Waals surface area contributed by atoms with Crippen molar-refractivity contribution in [1.82, 2.24) is 10.2 Å². The molecular weight excluding hydrogens is 324 g/mol. The molecule has 138 valence electrons. The first kappa shape index (κ1) is 19.1. The van der Waals surface area contributed by atoms with E-state index in [1.54, 1.807) is 20.8 Å². The molecule has 1 atom stereocenters. The number of ether oxygens (including phenoxy) is 2. The van der Waals surface area contributed by atoms with Crippen molar-refractivity contribution in [2.45, 2.75) is 51.5 Å². The van der Waals surface area contributed by atoms with E-state index >= 15 is 0 Å². The number of amides is 2. The summed E-state index contributed by atoms with van der Waals surface area (Å²) in [5, 5.41) is 13.0. The molecule has 1 aliphatic rings. The lowest BCUT2D eigenvalue weighted by molar-refractivity contribution is -0.0587. The van der Waals surface area contributed by atoms with Gasteiger partial charge in [-0.2, -0.15) is 0 Å². The Kier molecular flexibility index (Phi) is 5.89. The first-order valence-electron chi connectivity index (χ1n) is 8.36. The molecule has 0 aromatic heterocycles. The topological polar surface area (TPSA) is 88.1 Å². The minimum atomic E-state index is -1.52. The van der Waals surface area contributed by atoms with Crippen molar-refractivity contribution in [2.24, 2.45) is 0 Å². The first-order valence-corrected chi connectivity index (χ1v) is 8.36. The Bertz CT molecular complexity index is 599. The summed E-state index contributed by atoms with van der Waals surface area (Å²) in [6.07, 6.45) is -0.344. The molecule has 1 aromatic carbocycles. The van der Waals surface area contributed by atoms with Gasteiger partial charge in [0.05, 0.1) is 6.54 Å². The Labute approximate surface area is 147 Å². The monoisotopic (exact) mass is 350 g/mol.